The van der Waals surface area contributed by atoms with Crippen LogP contribution >= 0.6 is 23.1 Å². The van der Waals surface area contributed by atoms with Crippen molar-refractivity contribution < 1.29 is 4.79 Å². The van der Waals surface area contributed by atoms with Crippen molar-refractivity contribution in [1.29, 1.82) is 0 Å². The summed E-state index contributed by atoms with van der Waals surface area (Å²) >= 11 is 3.17. The first-order valence-corrected chi connectivity index (χ1v) is 9.32. The summed E-state index contributed by atoms with van der Waals surface area (Å²) in [5.74, 6) is 0.0579. The standard InChI is InChI=1S/C18H19N3OS2/c1-11-12(2)23-16-14(11)17(20-10-19-16)24-15(18(22)21(3)4)13-8-6-5-7-9-13/h5-10,15H,1-4H3/t15-/m1/s1. The quantitative estimate of drug-likeness (QED) is 0.518. The van der Waals surface area contributed by atoms with Gasteiger partial charge in [-0.3, -0.25) is 4.79 Å². The molecule has 6 heteroatoms. The Labute approximate surface area is 149 Å². The van der Waals surface area contributed by atoms with E-state index in [1.165, 1.54) is 22.2 Å². The van der Waals surface area contributed by atoms with E-state index >= 15 is 0 Å². The van der Waals surface area contributed by atoms with Crippen molar-refractivity contribution in [2.45, 2.75) is 24.1 Å². The van der Waals surface area contributed by atoms with Gasteiger partial charge in [-0.25, -0.2) is 9.97 Å². The van der Waals surface area contributed by atoms with Gasteiger partial charge >= 0.3 is 0 Å². The van der Waals surface area contributed by atoms with E-state index in [4.69, 9.17) is 0 Å². The normalized spacial score (nSPS) is 12.3. The Balaban J connectivity index is 2.07. The van der Waals surface area contributed by atoms with Crippen molar-refractivity contribution in [3.8, 4) is 0 Å². The lowest BCUT2D eigenvalue weighted by Gasteiger charge is -2.20. The number of carbonyl (C=O) groups is 1. The van der Waals surface area contributed by atoms with E-state index in [0.717, 1.165) is 20.8 Å². The second-order valence-electron chi connectivity index (χ2n) is 5.78. The van der Waals surface area contributed by atoms with Crippen molar-refractivity contribution in [3.63, 3.8) is 0 Å². The summed E-state index contributed by atoms with van der Waals surface area (Å²) in [5.41, 5.74) is 2.18. The number of thioether (sulfide) groups is 1. The summed E-state index contributed by atoms with van der Waals surface area (Å²) < 4.78 is 0. The average molecular weight is 358 g/mol. The first kappa shape index (κ1) is 16.9. The van der Waals surface area contributed by atoms with Gasteiger partial charge in [0.1, 0.15) is 21.4 Å². The number of hydrogen-bond donors (Lipinski definition) is 0. The lowest BCUT2D eigenvalue weighted by Crippen LogP contribution is -2.26. The minimum atomic E-state index is -0.320. The zero-order chi connectivity index (χ0) is 17.3. The van der Waals surface area contributed by atoms with Gasteiger partial charge in [-0.2, -0.15) is 0 Å². The number of hydrogen-bond acceptors (Lipinski definition) is 5. The van der Waals surface area contributed by atoms with Crippen molar-refractivity contribution in [3.05, 3.63) is 52.7 Å². The topological polar surface area (TPSA) is 46.1 Å². The maximum absolute atomic E-state index is 12.7. The second-order valence-corrected chi connectivity index (χ2v) is 8.08. The third kappa shape index (κ3) is 3.16. The number of nitrogens with zero attached hydrogens (tertiary/aromatic N) is 3. The molecule has 4 nitrogen and oxygen atoms in total. The predicted molar refractivity (Wildman–Crippen MR) is 101 cm³/mol. The van der Waals surface area contributed by atoms with Gasteiger partial charge in [0.25, 0.3) is 0 Å². The highest BCUT2D eigenvalue weighted by molar-refractivity contribution is 8.00. The van der Waals surface area contributed by atoms with E-state index in [2.05, 4.69) is 23.8 Å². The van der Waals surface area contributed by atoms with Crippen molar-refractivity contribution in [1.82, 2.24) is 14.9 Å². The molecule has 0 fully saturated rings. The molecule has 0 spiro atoms. The SMILES string of the molecule is Cc1sc2ncnc(S[C@@H](C(=O)N(C)C)c3ccccc3)c2c1C. The molecule has 3 aromatic rings. The molecule has 0 aliphatic carbocycles. The lowest BCUT2D eigenvalue weighted by molar-refractivity contribution is -0.128. The van der Waals surface area contributed by atoms with E-state index < -0.39 is 0 Å². The predicted octanol–water partition coefficient (Wildman–Crippen LogP) is 4.23. The average Bonchev–Trinajstić information content (AvgIpc) is 2.88. The number of rotatable bonds is 4. The number of thiophene rings is 1. The molecular formula is C18H19N3OS2. The highest BCUT2D eigenvalue weighted by atomic mass is 32.2. The Morgan fingerprint density at radius 2 is 1.88 bits per heavy atom. The number of amides is 1. The number of likely N-dealkylation sites (N-methyl/N-ethyl adjacent to an activating group) is 1. The molecule has 0 aliphatic rings. The maximum Gasteiger partial charge on any atom is 0.240 e. The van der Waals surface area contributed by atoms with Gasteiger partial charge in [0.15, 0.2) is 0 Å². The van der Waals surface area contributed by atoms with E-state index in [0.29, 0.717) is 0 Å². The van der Waals surface area contributed by atoms with E-state index in [-0.39, 0.29) is 11.2 Å². The summed E-state index contributed by atoms with van der Waals surface area (Å²) in [6, 6.07) is 9.86. The third-order valence-corrected chi connectivity index (χ3v) is 6.28. The van der Waals surface area contributed by atoms with Gasteiger partial charge in [-0.1, -0.05) is 42.1 Å². The van der Waals surface area contributed by atoms with Gasteiger partial charge in [0.05, 0.1) is 0 Å². The van der Waals surface area contributed by atoms with Crippen LogP contribution in [0.1, 0.15) is 21.3 Å². The van der Waals surface area contributed by atoms with E-state index in [1.54, 1.807) is 36.7 Å². The fourth-order valence-electron chi connectivity index (χ4n) is 2.47. The highest BCUT2D eigenvalue weighted by Crippen LogP contribution is 2.41. The third-order valence-electron chi connectivity index (χ3n) is 3.93. The molecule has 3 rings (SSSR count). The summed E-state index contributed by atoms with van der Waals surface area (Å²) in [6.45, 7) is 4.18. The number of carbonyl (C=O) groups excluding carboxylic acids is 1. The van der Waals surface area contributed by atoms with Gasteiger partial charge < -0.3 is 4.90 Å². The van der Waals surface area contributed by atoms with Gasteiger partial charge in [-0.15, -0.1) is 11.3 Å². The minimum absolute atomic E-state index is 0.0579. The van der Waals surface area contributed by atoms with Crippen LogP contribution in [-0.2, 0) is 4.79 Å². The molecule has 0 N–H and O–H groups in total. The van der Waals surface area contributed by atoms with Gasteiger partial charge in [-0.05, 0) is 25.0 Å². The Morgan fingerprint density at radius 3 is 2.54 bits per heavy atom. The Morgan fingerprint density at radius 1 is 1.17 bits per heavy atom. The monoisotopic (exact) mass is 357 g/mol. The largest absolute Gasteiger partial charge is 0.348 e. The van der Waals surface area contributed by atoms with Gasteiger partial charge in [0.2, 0.25) is 5.91 Å². The highest BCUT2D eigenvalue weighted by Gasteiger charge is 2.26. The van der Waals surface area contributed by atoms with Crippen LogP contribution in [0, 0.1) is 13.8 Å². The molecule has 124 valence electrons. The smallest absolute Gasteiger partial charge is 0.240 e. The summed E-state index contributed by atoms with van der Waals surface area (Å²) in [4.78, 5) is 25.4. The van der Waals surface area contributed by atoms with Crippen LogP contribution in [0.15, 0.2) is 41.7 Å². The molecule has 0 saturated heterocycles. The zero-order valence-corrected chi connectivity index (χ0v) is 15.7. The Bertz CT molecular complexity index is 875. The van der Waals surface area contributed by atoms with Crippen LogP contribution in [0.5, 0.6) is 0 Å². The van der Waals surface area contributed by atoms with Crippen LogP contribution < -0.4 is 0 Å². The van der Waals surface area contributed by atoms with Gasteiger partial charge in [0, 0.05) is 24.4 Å². The fraction of sp³-hybridized carbons (Fsp3) is 0.278. The molecule has 2 heterocycles. The second kappa shape index (κ2) is 6.91. The van der Waals surface area contributed by atoms with Crippen molar-refractivity contribution in [2.75, 3.05) is 14.1 Å². The lowest BCUT2D eigenvalue weighted by atomic mass is 10.1. The first-order chi connectivity index (χ1) is 11.5. The van der Waals surface area contributed by atoms with Crippen LogP contribution in [0.3, 0.4) is 0 Å². The number of aryl methyl sites for hydroxylation is 2. The molecule has 0 saturated carbocycles. The number of aromatic nitrogens is 2. The molecule has 0 aliphatic heterocycles. The summed E-state index contributed by atoms with van der Waals surface area (Å²) in [7, 11) is 3.57. The van der Waals surface area contributed by atoms with E-state index in [1.807, 2.05) is 30.3 Å². The Hall–Kier alpha value is -1.92. The molecule has 0 bridgehead atoms. The molecular weight excluding hydrogens is 338 g/mol. The van der Waals surface area contributed by atoms with E-state index in [9.17, 15) is 4.79 Å². The molecule has 1 atom stereocenters. The maximum atomic E-state index is 12.7. The summed E-state index contributed by atoms with van der Waals surface area (Å²) in [6.07, 6.45) is 1.59. The van der Waals surface area contributed by atoms with Crippen LogP contribution in [0.2, 0.25) is 0 Å². The zero-order valence-electron chi connectivity index (χ0n) is 14.1. The van der Waals surface area contributed by atoms with Crippen LogP contribution in [-0.4, -0.2) is 34.9 Å². The number of fused-ring (bicyclic) bond motifs is 1. The molecule has 24 heavy (non-hydrogen) atoms. The fourth-order valence-corrected chi connectivity index (χ4v) is 4.84. The summed E-state index contributed by atoms with van der Waals surface area (Å²) in [5, 5.41) is 1.61. The molecule has 0 unspecified atom stereocenters. The van der Waals surface area contributed by atoms with Crippen LogP contribution in [0.4, 0.5) is 0 Å². The molecule has 0 radical (unpaired) electrons. The Kier molecular flexibility index (Phi) is 4.87. The molecule has 1 aromatic carbocycles. The first-order valence-electron chi connectivity index (χ1n) is 7.62. The minimum Gasteiger partial charge on any atom is -0.348 e. The van der Waals surface area contributed by atoms with Crippen molar-refractivity contribution in [2.24, 2.45) is 0 Å². The van der Waals surface area contributed by atoms with Crippen molar-refractivity contribution >= 4 is 39.2 Å². The van der Waals surface area contributed by atoms with Crippen LogP contribution in [0.25, 0.3) is 10.2 Å². The molecule has 2 aromatic heterocycles. The molecule has 1 amide bonds. The number of benzene rings is 1.